The van der Waals surface area contributed by atoms with Crippen molar-refractivity contribution in [3.05, 3.63) is 35.9 Å². The molecule has 1 aromatic rings. The van der Waals surface area contributed by atoms with Gasteiger partial charge >= 0.3 is 12.1 Å². The number of hydrogen-bond acceptors (Lipinski definition) is 5. The number of rotatable bonds is 7. The van der Waals surface area contributed by atoms with E-state index in [-0.39, 0.29) is 12.5 Å². The fourth-order valence-corrected chi connectivity index (χ4v) is 2.28. The summed E-state index contributed by atoms with van der Waals surface area (Å²) in [5, 5.41) is 13.4. The van der Waals surface area contributed by atoms with E-state index in [0.29, 0.717) is 19.6 Å². The third-order valence-electron chi connectivity index (χ3n) is 3.47. The van der Waals surface area contributed by atoms with Crippen molar-refractivity contribution in [2.75, 3.05) is 19.8 Å². The topological polar surface area (TPSA) is 114 Å². The minimum absolute atomic E-state index is 0.225. The highest BCUT2D eigenvalue weighted by Crippen LogP contribution is 2.09. The summed E-state index contributed by atoms with van der Waals surface area (Å²) < 4.78 is 10.3. The molecule has 0 unspecified atom stereocenters. The number of benzene rings is 1. The van der Waals surface area contributed by atoms with E-state index in [0.717, 1.165) is 5.56 Å². The van der Waals surface area contributed by atoms with Gasteiger partial charge in [0.25, 0.3) is 0 Å². The molecule has 24 heavy (non-hydrogen) atoms. The smallest absolute Gasteiger partial charge is 0.408 e. The largest absolute Gasteiger partial charge is 0.480 e. The van der Waals surface area contributed by atoms with Gasteiger partial charge < -0.3 is 25.2 Å². The van der Waals surface area contributed by atoms with Crippen LogP contribution in [-0.4, -0.2) is 55.0 Å². The highest BCUT2D eigenvalue weighted by molar-refractivity contribution is 5.88. The Morgan fingerprint density at radius 2 is 2.04 bits per heavy atom. The van der Waals surface area contributed by atoms with Crippen LogP contribution in [-0.2, 0) is 25.5 Å². The van der Waals surface area contributed by atoms with Gasteiger partial charge in [-0.1, -0.05) is 30.3 Å². The zero-order valence-corrected chi connectivity index (χ0v) is 13.1. The summed E-state index contributed by atoms with van der Waals surface area (Å²) in [6.45, 7) is 0.351. The van der Waals surface area contributed by atoms with Gasteiger partial charge in [-0.3, -0.25) is 9.59 Å². The lowest BCUT2D eigenvalue weighted by atomic mass is 10.1. The average Bonchev–Trinajstić information content (AvgIpc) is 3.05. The molecule has 1 saturated heterocycles. The van der Waals surface area contributed by atoms with Crippen molar-refractivity contribution in [3.63, 3.8) is 0 Å². The van der Waals surface area contributed by atoms with Gasteiger partial charge in [0, 0.05) is 12.8 Å². The zero-order chi connectivity index (χ0) is 17.4. The van der Waals surface area contributed by atoms with Crippen LogP contribution in [0, 0.1) is 0 Å². The highest BCUT2D eigenvalue weighted by Gasteiger charge is 2.25. The molecule has 2 atom stereocenters. The summed E-state index contributed by atoms with van der Waals surface area (Å²) in [5.74, 6) is -1.74. The van der Waals surface area contributed by atoms with Crippen LogP contribution in [0.1, 0.15) is 12.0 Å². The fourth-order valence-electron chi connectivity index (χ4n) is 2.28. The molecule has 8 heteroatoms. The first-order chi connectivity index (χ1) is 11.5. The first-order valence-electron chi connectivity index (χ1n) is 7.63. The molecule has 0 aliphatic carbocycles. The minimum atomic E-state index is -1.16. The zero-order valence-electron chi connectivity index (χ0n) is 13.1. The van der Waals surface area contributed by atoms with Gasteiger partial charge in [0.05, 0.1) is 13.2 Å². The van der Waals surface area contributed by atoms with Gasteiger partial charge in [-0.25, -0.2) is 4.79 Å². The number of amides is 2. The molecule has 0 spiro atoms. The average molecular weight is 336 g/mol. The molecule has 2 amide bonds. The molecule has 1 aliphatic heterocycles. The van der Waals surface area contributed by atoms with Crippen LogP contribution in [0.4, 0.5) is 4.79 Å². The van der Waals surface area contributed by atoms with E-state index in [1.54, 1.807) is 0 Å². The normalized spacial score (nSPS) is 17.8. The fraction of sp³-hybridized carbons (Fsp3) is 0.438. The van der Waals surface area contributed by atoms with E-state index in [1.165, 1.54) is 0 Å². The van der Waals surface area contributed by atoms with Crippen molar-refractivity contribution < 1.29 is 29.0 Å². The number of hydrogen-bond donors (Lipinski definition) is 3. The number of carbonyl (C=O) groups is 3. The lowest BCUT2D eigenvalue weighted by Gasteiger charge is -2.19. The predicted octanol–water partition coefficient (Wildman–Crippen LogP) is 0.314. The van der Waals surface area contributed by atoms with Gasteiger partial charge in [-0.2, -0.15) is 0 Å². The molecular formula is C16H20N2O6. The summed E-state index contributed by atoms with van der Waals surface area (Å²) in [4.78, 5) is 34.7. The molecule has 0 bridgehead atoms. The number of carbonyl (C=O) groups excluding carboxylic acids is 2. The lowest BCUT2D eigenvalue weighted by Crippen LogP contribution is -2.49. The molecule has 2 rings (SSSR count). The third-order valence-corrected chi connectivity index (χ3v) is 3.47. The van der Waals surface area contributed by atoms with Crippen LogP contribution >= 0.6 is 0 Å². The Bertz CT molecular complexity index is 571. The number of ether oxygens (including phenoxy) is 2. The maximum Gasteiger partial charge on any atom is 0.408 e. The van der Waals surface area contributed by atoms with Gasteiger partial charge in [-0.15, -0.1) is 0 Å². The molecular weight excluding hydrogens is 316 g/mol. The van der Waals surface area contributed by atoms with E-state index in [2.05, 4.69) is 10.6 Å². The van der Waals surface area contributed by atoms with Crippen LogP contribution in [0.2, 0.25) is 0 Å². The molecule has 1 heterocycles. The Hall–Kier alpha value is -2.61. The number of carboxylic acids is 1. The van der Waals surface area contributed by atoms with Crippen LogP contribution in [0.3, 0.4) is 0 Å². The molecule has 0 aromatic heterocycles. The lowest BCUT2D eigenvalue weighted by molar-refractivity contribution is -0.138. The maximum atomic E-state index is 12.2. The first-order valence-corrected chi connectivity index (χ1v) is 7.63. The Morgan fingerprint density at radius 1 is 1.29 bits per heavy atom. The molecule has 1 aliphatic rings. The van der Waals surface area contributed by atoms with Crippen LogP contribution in [0.25, 0.3) is 0 Å². The van der Waals surface area contributed by atoms with Gasteiger partial charge in [-0.05, 0) is 5.56 Å². The summed E-state index contributed by atoms with van der Waals surface area (Å²) in [6.07, 6.45) is -0.216. The van der Waals surface area contributed by atoms with E-state index in [4.69, 9.17) is 14.6 Å². The monoisotopic (exact) mass is 336 g/mol. The second kappa shape index (κ2) is 8.88. The number of nitrogens with one attached hydrogen (secondary N) is 2. The summed E-state index contributed by atoms with van der Waals surface area (Å²) in [7, 11) is 0. The van der Waals surface area contributed by atoms with E-state index in [9.17, 15) is 14.4 Å². The SMILES string of the molecule is O=C(O)CNC(=O)[C@H](Cc1ccccc1)NC(=O)O[C@H]1CCOC1. The molecule has 1 aromatic carbocycles. The standard InChI is InChI=1S/C16H20N2O6/c19-14(20)9-17-15(21)13(8-11-4-2-1-3-5-11)18-16(22)24-12-6-7-23-10-12/h1-5,12-13H,6-10H2,(H,17,21)(H,18,22)(H,19,20)/t12-,13-/m0/s1. The molecule has 130 valence electrons. The van der Waals surface area contributed by atoms with Crippen molar-refractivity contribution in [2.24, 2.45) is 0 Å². The minimum Gasteiger partial charge on any atom is -0.480 e. The van der Waals surface area contributed by atoms with Crippen LogP contribution in [0.15, 0.2) is 30.3 Å². The second-order valence-electron chi connectivity index (χ2n) is 5.39. The molecule has 0 saturated carbocycles. The number of aliphatic carboxylic acids is 1. The van der Waals surface area contributed by atoms with E-state index in [1.807, 2.05) is 30.3 Å². The van der Waals surface area contributed by atoms with Gasteiger partial charge in [0.1, 0.15) is 18.7 Å². The number of carboxylic acid groups (broad SMARTS) is 1. The first kappa shape index (κ1) is 17.7. The molecule has 3 N–H and O–H groups in total. The van der Waals surface area contributed by atoms with Crippen molar-refractivity contribution in [2.45, 2.75) is 25.0 Å². The third kappa shape index (κ3) is 5.88. The maximum absolute atomic E-state index is 12.2. The Labute approximate surface area is 139 Å². The highest BCUT2D eigenvalue weighted by atomic mass is 16.6. The quantitative estimate of drug-likeness (QED) is 0.660. The van der Waals surface area contributed by atoms with Crippen LogP contribution < -0.4 is 10.6 Å². The van der Waals surface area contributed by atoms with Gasteiger partial charge in [0.2, 0.25) is 5.91 Å². The van der Waals surface area contributed by atoms with Crippen molar-refractivity contribution in [1.82, 2.24) is 10.6 Å². The van der Waals surface area contributed by atoms with Crippen molar-refractivity contribution in [3.8, 4) is 0 Å². The summed E-state index contributed by atoms with van der Waals surface area (Å²) >= 11 is 0. The van der Waals surface area contributed by atoms with Crippen molar-refractivity contribution in [1.29, 1.82) is 0 Å². The Morgan fingerprint density at radius 3 is 2.67 bits per heavy atom. The molecule has 8 nitrogen and oxygen atoms in total. The van der Waals surface area contributed by atoms with Gasteiger partial charge in [0.15, 0.2) is 0 Å². The summed E-state index contributed by atoms with van der Waals surface area (Å²) in [6, 6.07) is 8.17. The van der Waals surface area contributed by atoms with E-state index >= 15 is 0 Å². The predicted molar refractivity (Wildman–Crippen MR) is 83.4 cm³/mol. The Kier molecular flexibility index (Phi) is 6.56. The van der Waals surface area contributed by atoms with Crippen molar-refractivity contribution >= 4 is 18.0 Å². The van der Waals surface area contributed by atoms with Crippen LogP contribution in [0.5, 0.6) is 0 Å². The second-order valence-corrected chi connectivity index (χ2v) is 5.39. The summed E-state index contributed by atoms with van der Waals surface area (Å²) in [5.41, 5.74) is 0.831. The number of alkyl carbamates (subject to hydrolysis) is 1. The Balaban J connectivity index is 1.96. The molecule has 0 radical (unpaired) electrons. The molecule has 1 fully saturated rings. The van der Waals surface area contributed by atoms with E-state index < -0.39 is 30.6 Å².